The summed E-state index contributed by atoms with van der Waals surface area (Å²) in [7, 11) is 0. The number of amides is 1. The van der Waals surface area contributed by atoms with E-state index < -0.39 is 12.1 Å². The lowest BCUT2D eigenvalue weighted by molar-refractivity contribution is -0.143. The highest BCUT2D eigenvalue weighted by atomic mass is 16.5. The first-order valence-corrected chi connectivity index (χ1v) is 23.9. The highest BCUT2D eigenvalue weighted by Crippen LogP contribution is 2.16. The van der Waals surface area contributed by atoms with Crippen molar-refractivity contribution in [3.63, 3.8) is 0 Å². The standard InChI is InChI=1S/C48H93NO5/c1-3-5-7-9-11-13-15-16-17-18-22-26-30-34-38-42-48(53)54-43-39-35-31-27-23-20-19-21-25-29-33-37-41-47(52)49-45(44-50)46(51)40-36-32-28-24-14-12-10-8-6-4-2/h16-17,45-46,50-51H,3-15,18-44H2,1-2H3,(H,49,52)/b17-16-. The van der Waals surface area contributed by atoms with Gasteiger partial charge in [0, 0.05) is 12.8 Å². The fraction of sp³-hybridized carbons (Fsp3) is 0.917. The SMILES string of the molecule is CCCCCCCC/C=C\CCCCCCCC(=O)OCCCCCCCCCCCCCCC(=O)NC(CO)C(O)CCCCCCCCCCCC. The average Bonchev–Trinajstić information content (AvgIpc) is 3.17. The maximum atomic E-state index is 12.4. The van der Waals surface area contributed by atoms with Gasteiger partial charge >= 0.3 is 5.97 Å². The molecule has 0 saturated heterocycles. The van der Waals surface area contributed by atoms with E-state index in [4.69, 9.17) is 4.74 Å². The third-order valence-electron chi connectivity index (χ3n) is 11.1. The van der Waals surface area contributed by atoms with Gasteiger partial charge in [-0.15, -0.1) is 0 Å². The topological polar surface area (TPSA) is 95.9 Å². The molecule has 0 fully saturated rings. The molecule has 0 aliphatic rings. The maximum absolute atomic E-state index is 12.4. The molecular weight excluding hydrogens is 671 g/mol. The molecule has 0 aliphatic heterocycles. The van der Waals surface area contributed by atoms with Crippen LogP contribution in [0.25, 0.3) is 0 Å². The van der Waals surface area contributed by atoms with Crippen molar-refractivity contribution < 1.29 is 24.5 Å². The van der Waals surface area contributed by atoms with Crippen molar-refractivity contribution in [1.29, 1.82) is 0 Å². The third-order valence-corrected chi connectivity index (χ3v) is 11.1. The number of rotatable bonds is 44. The van der Waals surface area contributed by atoms with Crippen LogP contribution in [0.1, 0.15) is 258 Å². The molecular formula is C48H93NO5. The predicted octanol–water partition coefficient (Wildman–Crippen LogP) is 13.8. The normalized spacial score (nSPS) is 12.7. The van der Waals surface area contributed by atoms with Gasteiger partial charge in [0.2, 0.25) is 5.91 Å². The molecule has 2 unspecified atom stereocenters. The van der Waals surface area contributed by atoms with Gasteiger partial charge in [0.15, 0.2) is 0 Å². The monoisotopic (exact) mass is 764 g/mol. The quantitative estimate of drug-likeness (QED) is 0.0326. The van der Waals surface area contributed by atoms with Gasteiger partial charge in [0.25, 0.3) is 0 Å². The molecule has 0 bridgehead atoms. The number of aliphatic hydroxyl groups excluding tert-OH is 2. The molecule has 2 atom stereocenters. The molecule has 0 radical (unpaired) electrons. The van der Waals surface area contributed by atoms with Gasteiger partial charge in [-0.2, -0.15) is 0 Å². The largest absolute Gasteiger partial charge is 0.466 e. The summed E-state index contributed by atoms with van der Waals surface area (Å²) in [5, 5.41) is 23.1. The predicted molar refractivity (Wildman–Crippen MR) is 232 cm³/mol. The van der Waals surface area contributed by atoms with E-state index in [2.05, 4.69) is 31.3 Å². The van der Waals surface area contributed by atoms with Crippen LogP contribution in [0.3, 0.4) is 0 Å². The molecule has 0 rings (SSSR count). The summed E-state index contributed by atoms with van der Waals surface area (Å²) in [6, 6.07) is -0.550. The Balaban J connectivity index is 3.44. The molecule has 54 heavy (non-hydrogen) atoms. The molecule has 0 aromatic rings. The number of allylic oxidation sites excluding steroid dienone is 2. The van der Waals surface area contributed by atoms with Gasteiger partial charge in [-0.25, -0.2) is 0 Å². The minimum atomic E-state index is -0.672. The highest BCUT2D eigenvalue weighted by molar-refractivity contribution is 5.76. The van der Waals surface area contributed by atoms with Crippen molar-refractivity contribution in [3.8, 4) is 0 Å². The molecule has 6 heteroatoms. The van der Waals surface area contributed by atoms with Gasteiger partial charge in [-0.05, 0) is 51.4 Å². The minimum Gasteiger partial charge on any atom is -0.466 e. The second kappa shape index (κ2) is 44.3. The van der Waals surface area contributed by atoms with Crippen molar-refractivity contribution in [2.75, 3.05) is 13.2 Å². The zero-order chi connectivity index (χ0) is 39.4. The minimum absolute atomic E-state index is 0.0175. The summed E-state index contributed by atoms with van der Waals surface area (Å²) in [6.07, 6.45) is 48.8. The molecule has 0 heterocycles. The van der Waals surface area contributed by atoms with E-state index in [0.29, 0.717) is 25.9 Å². The Hall–Kier alpha value is -1.40. The number of hydrogen-bond acceptors (Lipinski definition) is 5. The Bertz CT molecular complexity index is 802. The number of ether oxygens (including phenoxy) is 1. The van der Waals surface area contributed by atoms with Gasteiger partial charge in [-0.1, -0.05) is 206 Å². The first-order chi connectivity index (χ1) is 26.5. The first-order valence-electron chi connectivity index (χ1n) is 23.9. The van der Waals surface area contributed by atoms with Crippen molar-refractivity contribution in [3.05, 3.63) is 12.2 Å². The molecule has 0 aliphatic carbocycles. The van der Waals surface area contributed by atoms with E-state index >= 15 is 0 Å². The highest BCUT2D eigenvalue weighted by Gasteiger charge is 2.20. The lowest BCUT2D eigenvalue weighted by Gasteiger charge is -2.22. The van der Waals surface area contributed by atoms with E-state index in [1.54, 1.807) is 0 Å². The van der Waals surface area contributed by atoms with Crippen LogP contribution >= 0.6 is 0 Å². The smallest absolute Gasteiger partial charge is 0.305 e. The molecule has 1 amide bonds. The van der Waals surface area contributed by atoms with E-state index in [0.717, 1.165) is 57.8 Å². The number of esters is 1. The summed E-state index contributed by atoms with van der Waals surface area (Å²) in [5.74, 6) is -0.0702. The third kappa shape index (κ3) is 40.3. The molecule has 0 aromatic heterocycles. The fourth-order valence-electron chi connectivity index (χ4n) is 7.34. The zero-order valence-electron chi connectivity index (χ0n) is 36.2. The van der Waals surface area contributed by atoms with Crippen LogP contribution in [-0.2, 0) is 14.3 Å². The average molecular weight is 764 g/mol. The Labute approximate surface area is 336 Å². The van der Waals surface area contributed by atoms with Gasteiger partial charge < -0.3 is 20.3 Å². The summed E-state index contributed by atoms with van der Waals surface area (Å²) in [6.45, 7) is 4.89. The van der Waals surface area contributed by atoms with Crippen molar-refractivity contribution in [2.45, 2.75) is 270 Å². The van der Waals surface area contributed by atoms with Gasteiger partial charge in [-0.3, -0.25) is 9.59 Å². The molecule has 0 saturated carbocycles. The Morgan fingerprint density at radius 1 is 0.500 bits per heavy atom. The van der Waals surface area contributed by atoms with Crippen LogP contribution in [0.5, 0.6) is 0 Å². The summed E-state index contributed by atoms with van der Waals surface area (Å²) < 4.78 is 5.45. The number of carbonyl (C=O) groups excluding carboxylic acids is 2. The number of hydrogen-bond donors (Lipinski definition) is 3. The molecule has 3 N–H and O–H groups in total. The molecule has 320 valence electrons. The van der Waals surface area contributed by atoms with Gasteiger partial charge in [0.1, 0.15) is 0 Å². The second-order valence-electron chi connectivity index (χ2n) is 16.4. The zero-order valence-corrected chi connectivity index (χ0v) is 36.2. The molecule has 6 nitrogen and oxygen atoms in total. The van der Waals surface area contributed by atoms with Gasteiger partial charge in [0.05, 0.1) is 25.4 Å². The number of aliphatic hydroxyl groups is 2. The summed E-state index contributed by atoms with van der Waals surface area (Å²) in [4.78, 5) is 24.4. The van der Waals surface area contributed by atoms with Crippen molar-refractivity contribution in [1.82, 2.24) is 5.32 Å². The summed E-state index contributed by atoms with van der Waals surface area (Å²) >= 11 is 0. The fourth-order valence-corrected chi connectivity index (χ4v) is 7.34. The van der Waals surface area contributed by atoms with Crippen molar-refractivity contribution in [2.24, 2.45) is 0 Å². The lowest BCUT2D eigenvalue weighted by Crippen LogP contribution is -2.45. The Kier molecular flexibility index (Phi) is 43.2. The number of nitrogens with one attached hydrogen (secondary N) is 1. The first kappa shape index (κ1) is 52.6. The number of carbonyl (C=O) groups is 2. The van der Waals surface area contributed by atoms with Crippen LogP contribution in [0, 0.1) is 0 Å². The maximum Gasteiger partial charge on any atom is 0.305 e. The van der Waals surface area contributed by atoms with Crippen LogP contribution in [0.4, 0.5) is 0 Å². The summed E-state index contributed by atoms with van der Waals surface area (Å²) in [5.41, 5.74) is 0. The molecule has 0 spiro atoms. The number of unbranched alkanes of at least 4 members (excludes halogenated alkanes) is 31. The van der Waals surface area contributed by atoms with E-state index in [1.165, 1.54) is 167 Å². The molecule has 0 aromatic carbocycles. The van der Waals surface area contributed by atoms with Crippen LogP contribution in [0.15, 0.2) is 12.2 Å². The lowest BCUT2D eigenvalue weighted by atomic mass is 10.0. The van der Waals surface area contributed by atoms with E-state index in [9.17, 15) is 19.8 Å². The Morgan fingerprint density at radius 2 is 0.870 bits per heavy atom. The van der Waals surface area contributed by atoms with Crippen molar-refractivity contribution >= 4 is 11.9 Å². The van der Waals surface area contributed by atoms with Crippen LogP contribution < -0.4 is 5.32 Å². The van der Waals surface area contributed by atoms with E-state index in [-0.39, 0.29) is 18.5 Å². The van der Waals surface area contributed by atoms with E-state index in [1.807, 2.05) is 0 Å². The Morgan fingerprint density at radius 3 is 1.31 bits per heavy atom. The van der Waals surface area contributed by atoms with Crippen LogP contribution in [-0.4, -0.2) is 47.4 Å². The van der Waals surface area contributed by atoms with Crippen LogP contribution in [0.2, 0.25) is 0 Å². The second-order valence-corrected chi connectivity index (χ2v) is 16.4.